The number of nitrogens with zero attached hydrogens (tertiary/aromatic N) is 3. The maximum absolute atomic E-state index is 12.5. The Hall–Kier alpha value is -2.87. The normalized spacial score (nSPS) is 12.0. The Labute approximate surface area is 174 Å². The van der Waals surface area contributed by atoms with E-state index in [1.54, 1.807) is 17.8 Å². The van der Waals surface area contributed by atoms with E-state index in [-0.39, 0.29) is 24.4 Å². The van der Waals surface area contributed by atoms with Gasteiger partial charge < -0.3 is 10.6 Å². The van der Waals surface area contributed by atoms with Crippen molar-refractivity contribution in [3.63, 3.8) is 0 Å². The van der Waals surface area contributed by atoms with Gasteiger partial charge in [0.15, 0.2) is 11.5 Å². The largest absolute Gasteiger partial charge is 0.344 e. The van der Waals surface area contributed by atoms with E-state index in [9.17, 15) is 9.59 Å². The molecule has 0 radical (unpaired) electrons. The van der Waals surface area contributed by atoms with E-state index < -0.39 is 0 Å². The predicted molar refractivity (Wildman–Crippen MR) is 115 cm³/mol. The highest BCUT2D eigenvalue weighted by atomic mass is 32.2. The van der Waals surface area contributed by atoms with E-state index in [2.05, 4.69) is 20.8 Å². The molecule has 2 aromatic heterocycles. The zero-order valence-corrected chi connectivity index (χ0v) is 17.6. The van der Waals surface area contributed by atoms with Crippen LogP contribution in [0.2, 0.25) is 0 Å². The van der Waals surface area contributed by atoms with Gasteiger partial charge in [-0.25, -0.2) is 0 Å². The van der Waals surface area contributed by atoms with Crippen molar-refractivity contribution in [1.29, 1.82) is 0 Å². The topological polar surface area (TPSA) is 88.4 Å². The van der Waals surface area contributed by atoms with Crippen LogP contribution < -0.4 is 10.6 Å². The summed E-state index contributed by atoms with van der Waals surface area (Å²) in [4.78, 5) is 24.9. The lowest BCUT2D eigenvalue weighted by Gasteiger charge is -2.17. The molecule has 3 rings (SSSR count). The average molecular weight is 412 g/mol. The molecule has 29 heavy (non-hydrogen) atoms. The summed E-state index contributed by atoms with van der Waals surface area (Å²) in [5, 5.41) is 14.1. The van der Waals surface area contributed by atoms with Crippen LogP contribution in [0, 0.1) is 13.8 Å². The summed E-state index contributed by atoms with van der Waals surface area (Å²) >= 11 is 1.70. The molecule has 0 aliphatic rings. The minimum Gasteiger partial charge on any atom is -0.344 e. The molecule has 0 spiro atoms. The number of carbonyl (C=O) groups is 2. The molecule has 1 unspecified atom stereocenters. The number of hydrogen-bond acceptors (Lipinski definition) is 5. The molecule has 2 amide bonds. The molecule has 152 valence electrons. The fraction of sp³-hybridized carbons (Fsp3) is 0.333. The van der Waals surface area contributed by atoms with Crippen LogP contribution >= 0.6 is 11.8 Å². The number of carbonyl (C=O) groups excluding carboxylic acids is 2. The van der Waals surface area contributed by atoms with Gasteiger partial charge in [-0.1, -0.05) is 12.1 Å². The Morgan fingerprint density at radius 1 is 1.14 bits per heavy atom. The Kier molecular flexibility index (Phi) is 6.87. The van der Waals surface area contributed by atoms with Crippen LogP contribution in [0.4, 0.5) is 0 Å². The summed E-state index contributed by atoms with van der Waals surface area (Å²) in [6.45, 7) is 3.85. The maximum Gasteiger partial charge on any atom is 0.251 e. The van der Waals surface area contributed by atoms with Crippen LogP contribution in [0.3, 0.4) is 0 Å². The molecule has 7 nitrogen and oxygen atoms in total. The molecule has 0 saturated carbocycles. The zero-order chi connectivity index (χ0) is 20.8. The van der Waals surface area contributed by atoms with Gasteiger partial charge in [0.25, 0.3) is 5.91 Å². The van der Waals surface area contributed by atoms with Crippen molar-refractivity contribution in [3.8, 4) is 0 Å². The second-order valence-electron chi connectivity index (χ2n) is 6.87. The Bertz CT molecular complexity index is 1020. The fourth-order valence-corrected chi connectivity index (χ4v) is 3.46. The molecule has 2 heterocycles. The van der Waals surface area contributed by atoms with Gasteiger partial charge in [-0.2, -0.15) is 11.8 Å². The van der Waals surface area contributed by atoms with Gasteiger partial charge in [0.1, 0.15) is 0 Å². The van der Waals surface area contributed by atoms with Crippen LogP contribution in [0.15, 0.2) is 42.6 Å². The number of hydrogen-bond donors (Lipinski definition) is 2. The third-order valence-corrected chi connectivity index (χ3v) is 5.42. The van der Waals surface area contributed by atoms with E-state index >= 15 is 0 Å². The third-order valence-electron chi connectivity index (χ3n) is 4.78. The third kappa shape index (κ3) is 5.14. The molecule has 8 heteroatoms. The minimum atomic E-state index is -0.286. The number of benzene rings is 1. The number of aromatic nitrogens is 3. The Morgan fingerprint density at radius 3 is 2.72 bits per heavy atom. The van der Waals surface area contributed by atoms with Crippen molar-refractivity contribution in [2.24, 2.45) is 0 Å². The summed E-state index contributed by atoms with van der Waals surface area (Å²) in [6.07, 6.45) is 4.61. The summed E-state index contributed by atoms with van der Waals surface area (Å²) in [5.41, 5.74) is 3.44. The molecular weight excluding hydrogens is 386 g/mol. The standard InChI is InChI=1S/C21H25N5O2S/c1-14-7-8-16(12-15(14)2)21(28)22-13-19(27)23-17(9-11-29-3)20-25-24-18-6-4-5-10-26(18)20/h4-8,10,12,17H,9,11,13H2,1-3H3,(H,22,28)(H,23,27). The van der Waals surface area contributed by atoms with E-state index in [1.807, 2.05) is 61.0 Å². The second-order valence-corrected chi connectivity index (χ2v) is 7.86. The molecule has 0 aliphatic heterocycles. The van der Waals surface area contributed by atoms with Gasteiger partial charge in [0.05, 0.1) is 12.6 Å². The molecular formula is C21H25N5O2S. The van der Waals surface area contributed by atoms with Crippen molar-refractivity contribution in [1.82, 2.24) is 25.2 Å². The molecule has 0 fully saturated rings. The summed E-state index contributed by atoms with van der Waals surface area (Å²) < 4.78 is 1.87. The zero-order valence-electron chi connectivity index (χ0n) is 16.8. The van der Waals surface area contributed by atoms with Crippen molar-refractivity contribution < 1.29 is 9.59 Å². The first-order valence-electron chi connectivity index (χ1n) is 9.43. The smallest absolute Gasteiger partial charge is 0.251 e. The van der Waals surface area contributed by atoms with Gasteiger partial charge in [-0.05, 0) is 67.7 Å². The molecule has 1 aromatic carbocycles. The average Bonchev–Trinajstić information content (AvgIpc) is 3.15. The van der Waals surface area contributed by atoms with Crippen LogP contribution in [0.1, 0.15) is 39.8 Å². The van der Waals surface area contributed by atoms with E-state index in [0.717, 1.165) is 22.5 Å². The molecule has 3 aromatic rings. The number of fused-ring (bicyclic) bond motifs is 1. The van der Waals surface area contributed by atoms with Crippen molar-refractivity contribution in [2.75, 3.05) is 18.6 Å². The summed E-state index contributed by atoms with van der Waals surface area (Å²) in [7, 11) is 0. The predicted octanol–water partition coefficient (Wildman–Crippen LogP) is 2.69. The number of nitrogens with one attached hydrogen (secondary N) is 2. The fourth-order valence-electron chi connectivity index (χ4n) is 2.99. The van der Waals surface area contributed by atoms with Crippen LogP contribution in [0.5, 0.6) is 0 Å². The number of rotatable bonds is 8. The maximum atomic E-state index is 12.5. The highest BCUT2D eigenvalue weighted by Crippen LogP contribution is 2.18. The van der Waals surface area contributed by atoms with E-state index in [4.69, 9.17) is 0 Å². The first kappa shape index (κ1) is 20.9. The molecule has 0 aliphatic carbocycles. The van der Waals surface area contributed by atoms with E-state index in [0.29, 0.717) is 17.8 Å². The van der Waals surface area contributed by atoms with Crippen molar-refractivity contribution in [3.05, 3.63) is 65.1 Å². The lowest BCUT2D eigenvalue weighted by molar-refractivity contribution is -0.121. The second kappa shape index (κ2) is 9.56. The highest BCUT2D eigenvalue weighted by molar-refractivity contribution is 7.98. The van der Waals surface area contributed by atoms with Gasteiger partial charge in [0, 0.05) is 11.8 Å². The minimum absolute atomic E-state index is 0.0989. The monoisotopic (exact) mass is 411 g/mol. The highest BCUT2D eigenvalue weighted by Gasteiger charge is 2.20. The Balaban J connectivity index is 1.65. The number of thioether (sulfide) groups is 1. The van der Waals surface area contributed by atoms with Gasteiger partial charge in [-0.3, -0.25) is 14.0 Å². The first-order valence-corrected chi connectivity index (χ1v) is 10.8. The van der Waals surface area contributed by atoms with Crippen LogP contribution in [-0.4, -0.2) is 45.0 Å². The first-order chi connectivity index (χ1) is 14.0. The van der Waals surface area contributed by atoms with Crippen LogP contribution in [-0.2, 0) is 4.79 Å². The number of pyridine rings is 1. The Morgan fingerprint density at radius 2 is 1.97 bits per heavy atom. The molecule has 1 atom stereocenters. The summed E-state index contributed by atoms with van der Waals surface area (Å²) in [5.74, 6) is 1.02. The molecule has 2 N–H and O–H groups in total. The van der Waals surface area contributed by atoms with Crippen molar-refractivity contribution >= 4 is 29.2 Å². The number of amides is 2. The quantitative estimate of drug-likeness (QED) is 0.595. The SMILES string of the molecule is CSCCC(NC(=O)CNC(=O)c1ccc(C)c(C)c1)c1nnc2ccccn12. The van der Waals surface area contributed by atoms with Crippen LogP contribution in [0.25, 0.3) is 5.65 Å². The molecule has 0 bridgehead atoms. The van der Waals surface area contributed by atoms with Crippen molar-refractivity contribution in [2.45, 2.75) is 26.3 Å². The summed E-state index contributed by atoms with van der Waals surface area (Å²) in [6, 6.07) is 10.9. The van der Waals surface area contributed by atoms with Gasteiger partial charge in [0.2, 0.25) is 5.91 Å². The van der Waals surface area contributed by atoms with Gasteiger partial charge in [-0.15, -0.1) is 10.2 Å². The lowest BCUT2D eigenvalue weighted by atomic mass is 10.1. The van der Waals surface area contributed by atoms with E-state index in [1.165, 1.54) is 0 Å². The number of aryl methyl sites for hydroxylation is 2. The lowest BCUT2D eigenvalue weighted by Crippen LogP contribution is -2.39. The molecule has 0 saturated heterocycles. The van der Waals surface area contributed by atoms with Gasteiger partial charge >= 0.3 is 0 Å².